The van der Waals surface area contributed by atoms with Crippen LogP contribution in [0.5, 0.6) is 0 Å². The number of carbonyl (C=O) groups excluding carboxylic acids is 1. The van der Waals surface area contributed by atoms with Gasteiger partial charge in [-0.2, -0.15) is 9.57 Å². The van der Waals surface area contributed by atoms with Crippen molar-refractivity contribution < 1.29 is 13.2 Å². The molecule has 1 amide bonds. The molecule has 2 aliphatic heterocycles. The minimum absolute atomic E-state index is 0.0157. The van der Waals surface area contributed by atoms with Crippen molar-refractivity contribution in [3.05, 3.63) is 59.7 Å². The molecule has 0 spiro atoms. The van der Waals surface area contributed by atoms with Gasteiger partial charge in [0.1, 0.15) is 0 Å². The van der Waals surface area contributed by atoms with Crippen LogP contribution in [-0.2, 0) is 16.4 Å². The Labute approximate surface area is 158 Å². The first-order valence-corrected chi connectivity index (χ1v) is 10.3. The molecule has 4 rings (SSSR count). The highest BCUT2D eigenvalue weighted by Crippen LogP contribution is 2.33. The number of para-hydroxylation sites is 1. The summed E-state index contributed by atoms with van der Waals surface area (Å²) in [6.07, 6.45) is 0.781. The Bertz CT molecular complexity index is 1050. The third-order valence-electron chi connectivity index (χ3n) is 5.18. The lowest BCUT2D eigenvalue weighted by molar-refractivity contribution is 0.0981. The molecule has 1 saturated heterocycles. The predicted octanol–water partition coefficient (Wildman–Crippen LogP) is 2.42. The molecule has 27 heavy (non-hydrogen) atoms. The molecule has 1 unspecified atom stereocenters. The van der Waals surface area contributed by atoms with E-state index in [2.05, 4.69) is 6.07 Å². The smallest absolute Gasteiger partial charge is 0.258 e. The topological polar surface area (TPSA) is 81.5 Å². The van der Waals surface area contributed by atoms with Crippen LogP contribution in [0.1, 0.15) is 22.8 Å². The van der Waals surface area contributed by atoms with Crippen molar-refractivity contribution in [3.8, 4) is 6.07 Å². The minimum atomic E-state index is -3.69. The lowest BCUT2D eigenvalue weighted by atomic mass is 10.1. The number of sulfonamides is 1. The average molecular weight is 381 g/mol. The van der Waals surface area contributed by atoms with Gasteiger partial charge < -0.3 is 4.90 Å². The first kappa shape index (κ1) is 17.7. The molecule has 0 aliphatic carbocycles. The molecule has 2 aromatic carbocycles. The lowest BCUT2D eigenvalue weighted by Crippen LogP contribution is -2.49. The summed E-state index contributed by atoms with van der Waals surface area (Å²) in [4.78, 5) is 14.9. The maximum atomic E-state index is 13.1. The van der Waals surface area contributed by atoms with Crippen LogP contribution in [0.2, 0.25) is 0 Å². The van der Waals surface area contributed by atoms with E-state index in [0.717, 1.165) is 17.7 Å². The highest BCUT2D eigenvalue weighted by atomic mass is 32.2. The van der Waals surface area contributed by atoms with Crippen LogP contribution in [0.25, 0.3) is 0 Å². The molecular weight excluding hydrogens is 362 g/mol. The van der Waals surface area contributed by atoms with E-state index in [0.29, 0.717) is 5.56 Å². The number of anilines is 1. The zero-order valence-electron chi connectivity index (χ0n) is 14.9. The predicted molar refractivity (Wildman–Crippen MR) is 101 cm³/mol. The Morgan fingerprint density at radius 1 is 1.15 bits per heavy atom. The quantitative estimate of drug-likeness (QED) is 0.818. The molecule has 6 nitrogen and oxygen atoms in total. The van der Waals surface area contributed by atoms with Gasteiger partial charge in [-0.15, -0.1) is 0 Å². The first-order valence-electron chi connectivity index (χ1n) is 8.83. The molecule has 1 fully saturated rings. The summed E-state index contributed by atoms with van der Waals surface area (Å²) in [5.41, 5.74) is 2.34. The van der Waals surface area contributed by atoms with Gasteiger partial charge in [0.05, 0.1) is 16.9 Å². The molecule has 0 bridgehead atoms. The van der Waals surface area contributed by atoms with Crippen molar-refractivity contribution in [2.24, 2.45) is 5.92 Å². The van der Waals surface area contributed by atoms with Gasteiger partial charge in [-0.3, -0.25) is 4.79 Å². The summed E-state index contributed by atoms with van der Waals surface area (Å²) in [5.74, 6) is -0.463. The van der Waals surface area contributed by atoms with Gasteiger partial charge in [-0.1, -0.05) is 24.3 Å². The summed E-state index contributed by atoms with van der Waals surface area (Å²) in [6.45, 7) is 2.39. The highest BCUT2D eigenvalue weighted by molar-refractivity contribution is 7.89. The highest BCUT2D eigenvalue weighted by Gasteiger charge is 2.37. The summed E-state index contributed by atoms with van der Waals surface area (Å²) in [6, 6.07) is 16.0. The Morgan fingerprint density at radius 3 is 2.63 bits per heavy atom. The normalized spacial score (nSPS) is 20.0. The van der Waals surface area contributed by atoms with E-state index in [1.807, 2.05) is 31.2 Å². The van der Waals surface area contributed by atoms with Crippen molar-refractivity contribution in [2.45, 2.75) is 24.3 Å². The number of nitriles is 1. The number of fused-ring (bicyclic) bond motifs is 1. The SMILES string of the molecule is CC1Cc2ccccc2N1C(=O)c1cccc(S(=O)(=O)N2CC(C#N)C2)c1. The van der Waals surface area contributed by atoms with Crippen molar-refractivity contribution in [3.63, 3.8) is 0 Å². The zero-order valence-corrected chi connectivity index (χ0v) is 15.7. The van der Waals surface area contributed by atoms with Crippen molar-refractivity contribution in [2.75, 3.05) is 18.0 Å². The average Bonchev–Trinajstić information content (AvgIpc) is 2.96. The Kier molecular flexibility index (Phi) is 4.25. The molecule has 0 saturated carbocycles. The van der Waals surface area contributed by atoms with Gasteiger partial charge in [0, 0.05) is 30.4 Å². The zero-order chi connectivity index (χ0) is 19.2. The van der Waals surface area contributed by atoms with Crippen LogP contribution in [0.15, 0.2) is 53.4 Å². The van der Waals surface area contributed by atoms with E-state index < -0.39 is 10.0 Å². The van der Waals surface area contributed by atoms with Crippen LogP contribution in [0.4, 0.5) is 5.69 Å². The van der Waals surface area contributed by atoms with Crippen LogP contribution >= 0.6 is 0 Å². The standard InChI is InChI=1S/C20H19N3O3S/c1-14-9-16-5-2-3-8-19(16)23(14)20(24)17-6-4-7-18(10-17)27(25,26)22-12-15(11-21)13-22/h2-8,10,14-15H,9,12-13H2,1H3. The van der Waals surface area contributed by atoms with Gasteiger partial charge in [0.25, 0.3) is 5.91 Å². The van der Waals surface area contributed by atoms with E-state index in [1.165, 1.54) is 16.4 Å². The molecule has 7 heteroatoms. The molecule has 2 aromatic rings. The van der Waals surface area contributed by atoms with Crippen molar-refractivity contribution in [1.82, 2.24) is 4.31 Å². The molecule has 1 atom stereocenters. The minimum Gasteiger partial charge on any atom is -0.305 e. The summed E-state index contributed by atoms with van der Waals surface area (Å²) >= 11 is 0. The Morgan fingerprint density at radius 2 is 1.89 bits per heavy atom. The fraction of sp³-hybridized carbons (Fsp3) is 0.300. The molecule has 138 valence electrons. The fourth-order valence-corrected chi connectivity index (χ4v) is 5.25. The number of hydrogen-bond acceptors (Lipinski definition) is 4. The van der Waals surface area contributed by atoms with E-state index in [4.69, 9.17) is 5.26 Å². The van der Waals surface area contributed by atoms with Crippen LogP contribution in [0, 0.1) is 17.2 Å². The second kappa shape index (κ2) is 6.48. The maximum Gasteiger partial charge on any atom is 0.258 e. The fourth-order valence-electron chi connectivity index (χ4n) is 3.67. The van der Waals surface area contributed by atoms with Gasteiger partial charge in [-0.25, -0.2) is 8.42 Å². The monoisotopic (exact) mass is 381 g/mol. The molecule has 0 N–H and O–H groups in total. The number of carbonyl (C=O) groups is 1. The molecule has 2 heterocycles. The molecule has 0 radical (unpaired) electrons. The number of hydrogen-bond donors (Lipinski definition) is 0. The third kappa shape index (κ3) is 2.91. The Hall–Kier alpha value is -2.69. The number of nitrogens with zero attached hydrogens (tertiary/aromatic N) is 3. The lowest BCUT2D eigenvalue weighted by Gasteiger charge is -2.34. The van der Waals surface area contributed by atoms with Gasteiger partial charge in [-0.05, 0) is 43.2 Å². The van der Waals surface area contributed by atoms with E-state index >= 15 is 0 Å². The Balaban J connectivity index is 1.64. The van der Waals surface area contributed by atoms with Gasteiger partial charge in [0.15, 0.2) is 0 Å². The van der Waals surface area contributed by atoms with Crippen molar-refractivity contribution in [1.29, 1.82) is 5.26 Å². The van der Waals surface area contributed by atoms with E-state index in [9.17, 15) is 13.2 Å². The molecule has 2 aliphatic rings. The number of amides is 1. The van der Waals surface area contributed by atoms with E-state index in [1.54, 1.807) is 17.0 Å². The van der Waals surface area contributed by atoms with Gasteiger partial charge in [0.2, 0.25) is 10.0 Å². The largest absolute Gasteiger partial charge is 0.305 e. The van der Waals surface area contributed by atoms with Crippen LogP contribution < -0.4 is 4.90 Å². The first-order chi connectivity index (χ1) is 12.9. The summed E-state index contributed by atoms with van der Waals surface area (Å²) in [5, 5.41) is 8.86. The van der Waals surface area contributed by atoms with Crippen molar-refractivity contribution >= 4 is 21.6 Å². The van der Waals surface area contributed by atoms with Crippen LogP contribution in [0.3, 0.4) is 0 Å². The number of rotatable bonds is 3. The molecule has 0 aromatic heterocycles. The van der Waals surface area contributed by atoms with Gasteiger partial charge >= 0.3 is 0 Å². The maximum absolute atomic E-state index is 13.1. The van der Waals surface area contributed by atoms with E-state index in [-0.39, 0.29) is 35.9 Å². The molecular formula is C20H19N3O3S. The summed E-state index contributed by atoms with van der Waals surface area (Å²) < 4.78 is 26.7. The summed E-state index contributed by atoms with van der Waals surface area (Å²) in [7, 11) is -3.69. The third-order valence-corrected chi connectivity index (χ3v) is 7.00. The second-order valence-electron chi connectivity index (χ2n) is 7.03. The second-order valence-corrected chi connectivity index (χ2v) is 8.97. The number of benzene rings is 2. The van der Waals surface area contributed by atoms with Crippen LogP contribution in [-0.4, -0.2) is 37.8 Å².